The smallest absolute Gasteiger partial charge is 0.291 e. The van der Waals surface area contributed by atoms with Gasteiger partial charge in [-0.3, -0.25) is 14.9 Å². The van der Waals surface area contributed by atoms with Gasteiger partial charge in [-0.1, -0.05) is 35.6 Å². The van der Waals surface area contributed by atoms with Gasteiger partial charge >= 0.3 is 0 Å². The van der Waals surface area contributed by atoms with E-state index in [2.05, 4.69) is 20.6 Å². The molecule has 0 aliphatic carbocycles. The molecule has 0 spiro atoms. The Hall–Kier alpha value is -4.38. The number of amides is 1. The number of hydrogen-bond donors (Lipinski definition) is 1. The van der Waals surface area contributed by atoms with Crippen molar-refractivity contribution in [3.05, 3.63) is 82.4 Å². The molecule has 0 aliphatic rings. The summed E-state index contributed by atoms with van der Waals surface area (Å²) >= 11 is 1.36. The molecule has 3 aromatic heterocycles. The van der Waals surface area contributed by atoms with Gasteiger partial charge in [-0.25, -0.2) is 0 Å². The molecule has 1 N–H and O–H groups in total. The number of furan rings is 1. The van der Waals surface area contributed by atoms with Crippen LogP contribution in [-0.4, -0.2) is 30.6 Å². The summed E-state index contributed by atoms with van der Waals surface area (Å²) in [5.74, 6) is 0.660. The summed E-state index contributed by atoms with van der Waals surface area (Å²) in [5, 5.41) is 27.1. The van der Waals surface area contributed by atoms with Gasteiger partial charge in [0.1, 0.15) is 10.8 Å². The average Bonchev–Trinajstić information content (AvgIpc) is 3.52. The average molecular weight is 446 g/mol. The lowest BCUT2D eigenvalue weighted by Gasteiger charge is -2.07. The normalized spacial score (nSPS) is 11.0. The molecule has 1 amide bonds. The van der Waals surface area contributed by atoms with E-state index in [1.165, 1.54) is 29.5 Å². The molecule has 0 radical (unpaired) electrons. The van der Waals surface area contributed by atoms with E-state index in [1.807, 2.05) is 19.1 Å². The Balaban J connectivity index is 1.42. The maximum Gasteiger partial charge on any atom is 0.291 e. The van der Waals surface area contributed by atoms with Crippen molar-refractivity contribution < 1.29 is 14.1 Å². The monoisotopic (exact) mass is 446 g/mol. The number of hydrogen-bond acceptors (Lipinski definition) is 8. The second-order valence-electron chi connectivity index (χ2n) is 6.82. The Kier molecular flexibility index (Phi) is 4.71. The molecule has 5 aromatic rings. The summed E-state index contributed by atoms with van der Waals surface area (Å²) < 4.78 is 7.31. The van der Waals surface area contributed by atoms with Crippen LogP contribution in [0.4, 0.5) is 11.4 Å². The molecule has 11 heteroatoms. The molecular weight excluding hydrogens is 432 g/mol. The predicted octanol–water partition coefficient (Wildman–Crippen LogP) is 4.58. The SMILES string of the molecule is Cc1nnc2sc(-c3ccccc3NC(=O)c3ccc(-c4cccc([N+](=O)[O-])c4)o3)nn12. The van der Waals surface area contributed by atoms with E-state index in [0.29, 0.717) is 32.8 Å². The second-order valence-corrected chi connectivity index (χ2v) is 7.78. The van der Waals surface area contributed by atoms with Crippen LogP contribution < -0.4 is 5.32 Å². The van der Waals surface area contributed by atoms with Crippen molar-refractivity contribution in [1.82, 2.24) is 19.8 Å². The molecule has 0 atom stereocenters. The summed E-state index contributed by atoms with van der Waals surface area (Å²) in [5.41, 5.74) is 1.75. The van der Waals surface area contributed by atoms with Crippen LogP contribution in [0.3, 0.4) is 0 Å². The van der Waals surface area contributed by atoms with Crippen molar-refractivity contribution in [2.75, 3.05) is 5.32 Å². The van der Waals surface area contributed by atoms with Crippen molar-refractivity contribution >= 4 is 33.6 Å². The number of nitrogens with zero attached hydrogens (tertiary/aromatic N) is 5. The van der Waals surface area contributed by atoms with Crippen LogP contribution in [0.1, 0.15) is 16.4 Å². The summed E-state index contributed by atoms with van der Waals surface area (Å²) in [6, 6.07) is 16.4. The first-order chi connectivity index (χ1) is 15.5. The molecule has 32 heavy (non-hydrogen) atoms. The van der Waals surface area contributed by atoms with Gasteiger partial charge in [-0.05, 0) is 31.2 Å². The van der Waals surface area contributed by atoms with Crippen LogP contribution in [0.2, 0.25) is 0 Å². The van der Waals surface area contributed by atoms with Gasteiger partial charge in [-0.2, -0.15) is 9.61 Å². The lowest BCUT2D eigenvalue weighted by Crippen LogP contribution is -2.11. The standard InChI is InChI=1S/C21H14N6O4S/c1-12-23-24-21-26(12)25-20(32-21)15-7-2-3-8-16(15)22-19(28)18-10-9-17(31-18)13-5-4-6-14(11-13)27(29)30/h2-11H,1H3,(H,22,28). The molecular formula is C21H14N6O4S. The number of carbonyl (C=O) groups is 1. The van der Waals surface area contributed by atoms with Crippen LogP contribution in [0.5, 0.6) is 0 Å². The fourth-order valence-electron chi connectivity index (χ4n) is 3.17. The zero-order valence-corrected chi connectivity index (χ0v) is 17.4. The third-order valence-corrected chi connectivity index (χ3v) is 5.66. The molecule has 10 nitrogen and oxygen atoms in total. The first kappa shape index (κ1) is 19.6. The number of nitro groups is 1. The van der Waals surface area contributed by atoms with Gasteiger partial charge in [-0.15, -0.1) is 10.2 Å². The zero-order chi connectivity index (χ0) is 22.2. The molecule has 0 saturated heterocycles. The summed E-state index contributed by atoms with van der Waals surface area (Å²) in [7, 11) is 0. The predicted molar refractivity (Wildman–Crippen MR) is 118 cm³/mol. The van der Waals surface area contributed by atoms with Crippen LogP contribution in [0.25, 0.3) is 26.9 Å². The van der Waals surface area contributed by atoms with Crippen molar-refractivity contribution in [3.8, 4) is 21.9 Å². The first-order valence-electron chi connectivity index (χ1n) is 9.44. The molecule has 0 aliphatic heterocycles. The number of benzene rings is 2. The topological polar surface area (TPSA) is 128 Å². The zero-order valence-electron chi connectivity index (χ0n) is 16.6. The minimum atomic E-state index is -0.482. The fraction of sp³-hybridized carbons (Fsp3) is 0.0476. The number of anilines is 1. The highest BCUT2D eigenvalue weighted by atomic mass is 32.1. The highest BCUT2D eigenvalue weighted by Gasteiger charge is 2.18. The lowest BCUT2D eigenvalue weighted by atomic mass is 10.1. The fourth-order valence-corrected chi connectivity index (χ4v) is 4.10. The maximum absolute atomic E-state index is 12.8. The minimum absolute atomic E-state index is 0.0564. The third kappa shape index (κ3) is 3.50. The number of non-ortho nitro benzene ring substituents is 1. The Bertz CT molecular complexity index is 1480. The van der Waals surface area contributed by atoms with Gasteiger partial charge in [0.25, 0.3) is 11.6 Å². The Morgan fingerprint density at radius 3 is 2.78 bits per heavy atom. The van der Waals surface area contributed by atoms with Gasteiger partial charge < -0.3 is 9.73 Å². The Morgan fingerprint density at radius 2 is 1.97 bits per heavy atom. The second kappa shape index (κ2) is 7.71. The van der Waals surface area contributed by atoms with Crippen LogP contribution in [-0.2, 0) is 0 Å². The Morgan fingerprint density at radius 1 is 1.12 bits per heavy atom. The lowest BCUT2D eigenvalue weighted by molar-refractivity contribution is -0.384. The van der Waals surface area contributed by atoms with Crippen molar-refractivity contribution in [2.24, 2.45) is 0 Å². The van der Waals surface area contributed by atoms with Crippen LogP contribution in [0.15, 0.2) is 65.1 Å². The van der Waals surface area contributed by atoms with Gasteiger partial charge in [0.2, 0.25) is 4.96 Å². The number of carbonyl (C=O) groups excluding carboxylic acids is 1. The van der Waals surface area contributed by atoms with E-state index in [9.17, 15) is 14.9 Å². The number of nitro benzene ring substituents is 1. The molecule has 0 saturated carbocycles. The van der Waals surface area contributed by atoms with E-state index in [1.54, 1.807) is 34.8 Å². The van der Waals surface area contributed by atoms with E-state index < -0.39 is 10.8 Å². The Labute approximate surface area is 184 Å². The number of aryl methyl sites for hydroxylation is 1. The summed E-state index contributed by atoms with van der Waals surface area (Å²) in [4.78, 5) is 24.0. The molecule has 5 rings (SSSR count). The molecule has 0 fully saturated rings. The van der Waals surface area contributed by atoms with Gasteiger partial charge in [0.15, 0.2) is 11.6 Å². The van der Waals surface area contributed by atoms with Crippen LogP contribution in [0, 0.1) is 17.0 Å². The number of fused-ring (bicyclic) bond motifs is 1. The van der Waals surface area contributed by atoms with Crippen molar-refractivity contribution in [1.29, 1.82) is 0 Å². The number of para-hydroxylation sites is 1. The summed E-state index contributed by atoms with van der Waals surface area (Å²) in [6.45, 7) is 1.81. The summed E-state index contributed by atoms with van der Waals surface area (Å²) in [6.07, 6.45) is 0. The quantitative estimate of drug-likeness (QED) is 0.309. The molecule has 0 unspecified atom stereocenters. The van der Waals surface area contributed by atoms with Gasteiger partial charge in [0, 0.05) is 23.3 Å². The highest BCUT2D eigenvalue weighted by Crippen LogP contribution is 2.32. The van der Waals surface area contributed by atoms with Crippen LogP contribution >= 0.6 is 11.3 Å². The molecule has 158 valence electrons. The van der Waals surface area contributed by atoms with E-state index in [0.717, 1.165) is 5.56 Å². The first-order valence-corrected chi connectivity index (χ1v) is 10.3. The number of nitrogens with one attached hydrogen (secondary N) is 1. The van der Waals surface area contributed by atoms with E-state index in [-0.39, 0.29) is 11.4 Å². The largest absolute Gasteiger partial charge is 0.451 e. The van der Waals surface area contributed by atoms with E-state index >= 15 is 0 Å². The van der Waals surface area contributed by atoms with Gasteiger partial charge in [0.05, 0.1) is 10.6 Å². The molecule has 0 bridgehead atoms. The van der Waals surface area contributed by atoms with Crippen molar-refractivity contribution in [3.63, 3.8) is 0 Å². The molecule has 2 aromatic carbocycles. The van der Waals surface area contributed by atoms with E-state index in [4.69, 9.17) is 4.42 Å². The third-order valence-electron chi connectivity index (χ3n) is 4.72. The molecule has 3 heterocycles. The van der Waals surface area contributed by atoms with Crippen molar-refractivity contribution in [2.45, 2.75) is 6.92 Å². The maximum atomic E-state index is 12.8. The number of rotatable bonds is 5. The minimum Gasteiger partial charge on any atom is -0.451 e. The number of aromatic nitrogens is 4. The highest BCUT2D eigenvalue weighted by molar-refractivity contribution is 7.19.